The molecular formula is C23H27N3O3S. The van der Waals surface area contributed by atoms with Gasteiger partial charge in [-0.1, -0.05) is 44.2 Å². The molecule has 0 bridgehead atoms. The molecule has 2 aromatic carbocycles. The fourth-order valence-electron chi connectivity index (χ4n) is 3.22. The number of amides is 1. The molecule has 1 aromatic heterocycles. The van der Waals surface area contributed by atoms with Crippen molar-refractivity contribution in [2.75, 3.05) is 26.1 Å². The lowest BCUT2D eigenvalue weighted by atomic mass is 9.96. The van der Waals surface area contributed by atoms with Gasteiger partial charge in [-0.3, -0.25) is 4.79 Å². The summed E-state index contributed by atoms with van der Waals surface area (Å²) in [6.45, 7) is 4.49. The number of benzene rings is 2. The third-order valence-electron chi connectivity index (χ3n) is 4.74. The van der Waals surface area contributed by atoms with Crippen molar-refractivity contribution < 1.29 is 14.3 Å². The average molecular weight is 426 g/mol. The summed E-state index contributed by atoms with van der Waals surface area (Å²) in [5.74, 6) is 1.54. The highest BCUT2D eigenvalue weighted by atomic mass is 32.1. The molecule has 0 saturated heterocycles. The number of nitrogens with one attached hydrogen (secondary N) is 2. The summed E-state index contributed by atoms with van der Waals surface area (Å²) in [6, 6.07) is 15.9. The second-order valence-corrected chi connectivity index (χ2v) is 8.03. The van der Waals surface area contributed by atoms with Gasteiger partial charge in [-0.05, 0) is 29.7 Å². The minimum atomic E-state index is -0.121. The van der Waals surface area contributed by atoms with E-state index in [2.05, 4.69) is 41.6 Å². The molecule has 158 valence electrons. The number of nitrogens with zero attached hydrogens (tertiary/aromatic N) is 1. The summed E-state index contributed by atoms with van der Waals surface area (Å²) < 4.78 is 10.6. The molecule has 0 aliphatic rings. The molecule has 2 N–H and O–H groups in total. The number of aromatic nitrogens is 1. The number of methoxy groups -OCH3 is 2. The largest absolute Gasteiger partial charge is 0.493 e. The fraction of sp³-hybridized carbons (Fsp3) is 0.304. The molecular weight excluding hydrogens is 398 g/mol. The Hall–Kier alpha value is -2.90. The minimum Gasteiger partial charge on any atom is -0.493 e. The lowest BCUT2D eigenvalue weighted by Gasteiger charge is -2.22. The summed E-state index contributed by atoms with van der Waals surface area (Å²) in [7, 11) is 3.20. The van der Waals surface area contributed by atoms with Crippen LogP contribution in [0.2, 0.25) is 0 Å². The Balaban J connectivity index is 1.62. The van der Waals surface area contributed by atoms with E-state index in [4.69, 9.17) is 9.47 Å². The number of thiazole rings is 1. The molecule has 30 heavy (non-hydrogen) atoms. The predicted octanol–water partition coefficient (Wildman–Crippen LogP) is 4.75. The maximum absolute atomic E-state index is 12.5. The molecule has 0 spiro atoms. The highest BCUT2D eigenvalue weighted by Gasteiger charge is 2.17. The molecule has 6 nitrogen and oxygen atoms in total. The number of ether oxygens (including phenoxy) is 2. The van der Waals surface area contributed by atoms with Crippen LogP contribution in [0.25, 0.3) is 11.3 Å². The van der Waals surface area contributed by atoms with E-state index in [-0.39, 0.29) is 18.5 Å². The standard InChI is InChI=1S/C23H27N3O3S/c1-15(2)22(16-8-6-5-7-9-16)24-13-21(27)26-23-25-18(14-30-23)17-10-11-19(28-3)20(12-17)29-4/h5-12,14-15,22,24H,13H2,1-4H3,(H,25,26,27). The molecule has 0 fully saturated rings. The van der Waals surface area contributed by atoms with Crippen LogP contribution < -0.4 is 20.1 Å². The van der Waals surface area contributed by atoms with Crippen LogP contribution in [0.1, 0.15) is 25.5 Å². The van der Waals surface area contributed by atoms with E-state index < -0.39 is 0 Å². The minimum absolute atomic E-state index is 0.107. The van der Waals surface area contributed by atoms with E-state index in [0.29, 0.717) is 22.5 Å². The van der Waals surface area contributed by atoms with Gasteiger partial charge in [0, 0.05) is 17.0 Å². The van der Waals surface area contributed by atoms with Crippen LogP contribution in [-0.4, -0.2) is 31.7 Å². The zero-order valence-electron chi connectivity index (χ0n) is 17.6. The number of anilines is 1. The van der Waals surface area contributed by atoms with Gasteiger partial charge >= 0.3 is 0 Å². The first-order chi connectivity index (χ1) is 14.5. The maximum Gasteiger partial charge on any atom is 0.240 e. The fourth-order valence-corrected chi connectivity index (χ4v) is 3.96. The zero-order valence-corrected chi connectivity index (χ0v) is 18.5. The first-order valence-corrected chi connectivity index (χ1v) is 10.7. The topological polar surface area (TPSA) is 72.5 Å². The van der Waals surface area contributed by atoms with Gasteiger partial charge in [-0.2, -0.15) is 0 Å². The predicted molar refractivity (Wildman–Crippen MR) is 121 cm³/mol. The molecule has 3 aromatic rings. The third kappa shape index (κ3) is 5.37. The van der Waals surface area contributed by atoms with Crippen molar-refractivity contribution in [1.82, 2.24) is 10.3 Å². The molecule has 7 heteroatoms. The number of rotatable bonds is 9. The number of carbonyl (C=O) groups is 1. The van der Waals surface area contributed by atoms with Crippen LogP contribution in [0.15, 0.2) is 53.9 Å². The van der Waals surface area contributed by atoms with Crippen molar-refractivity contribution in [1.29, 1.82) is 0 Å². The van der Waals surface area contributed by atoms with Crippen molar-refractivity contribution in [2.45, 2.75) is 19.9 Å². The van der Waals surface area contributed by atoms with Crippen LogP contribution >= 0.6 is 11.3 Å². The highest BCUT2D eigenvalue weighted by Crippen LogP contribution is 2.33. The highest BCUT2D eigenvalue weighted by molar-refractivity contribution is 7.14. The molecule has 3 rings (SSSR count). The second-order valence-electron chi connectivity index (χ2n) is 7.17. The van der Waals surface area contributed by atoms with Gasteiger partial charge in [0.05, 0.1) is 26.5 Å². The van der Waals surface area contributed by atoms with Crippen molar-refractivity contribution in [3.05, 3.63) is 59.5 Å². The van der Waals surface area contributed by atoms with Gasteiger partial charge in [-0.25, -0.2) is 4.98 Å². The summed E-state index contributed by atoms with van der Waals surface area (Å²) in [6.07, 6.45) is 0. The molecule has 0 saturated carbocycles. The van der Waals surface area contributed by atoms with E-state index in [9.17, 15) is 4.79 Å². The van der Waals surface area contributed by atoms with Crippen LogP contribution in [0, 0.1) is 5.92 Å². The third-order valence-corrected chi connectivity index (χ3v) is 5.50. The van der Waals surface area contributed by atoms with E-state index >= 15 is 0 Å². The Bertz CT molecular complexity index is 973. The van der Waals surface area contributed by atoms with Gasteiger partial charge < -0.3 is 20.1 Å². The lowest BCUT2D eigenvalue weighted by molar-refractivity contribution is -0.115. The molecule has 1 atom stereocenters. The van der Waals surface area contributed by atoms with E-state index in [1.165, 1.54) is 16.9 Å². The van der Waals surface area contributed by atoms with Crippen molar-refractivity contribution >= 4 is 22.4 Å². The van der Waals surface area contributed by atoms with E-state index in [0.717, 1.165) is 11.3 Å². The summed E-state index contributed by atoms with van der Waals surface area (Å²) >= 11 is 1.39. The molecule has 0 radical (unpaired) electrons. The number of hydrogen-bond acceptors (Lipinski definition) is 6. The molecule has 1 heterocycles. The number of hydrogen-bond donors (Lipinski definition) is 2. The van der Waals surface area contributed by atoms with Gasteiger partial charge in [-0.15, -0.1) is 11.3 Å². The van der Waals surface area contributed by atoms with Crippen LogP contribution in [0.3, 0.4) is 0 Å². The van der Waals surface area contributed by atoms with Crippen LogP contribution in [0.4, 0.5) is 5.13 Å². The Kier molecular flexibility index (Phi) is 7.43. The second kappa shape index (κ2) is 10.2. The Morgan fingerprint density at radius 2 is 1.80 bits per heavy atom. The zero-order chi connectivity index (χ0) is 21.5. The molecule has 1 unspecified atom stereocenters. The maximum atomic E-state index is 12.5. The van der Waals surface area contributed by atoms with Crippen LogP contribution in [0.5, 0.6) is 11.5 Å². The number of carbonyl (C=O) groups excluding carboxylic acids is 1. The van der Waals surface area contributed by atoms with Gasteiger partial charge in [0.2, 0.25) is 5.91 Å². The lowest BCUT2D eigenvalue weighted by Crippen LogP contribution is -2.33. The van der Waals surface area contributed by atoms with Crippen molar-refractivity contribution in [3.63, 3.8) is 0 Å². The normalized spacial score (nSPS) is 11.9. The molecule has 0 aliphatic heterocycles. The summed E-state index contributed by atoms with van der Waals surface area (Å²) in [5.41, 5.74) is 2.84. The van der Waals surface area contributed by atoms with E-state index in [1.54, 1.807) is 14.2 Å². The van der Waals surface area contributed by atoms with Crippen molar-refractivity contribution in [3.8, 4) is 22.8 Å². The van der Waals surface area contributed by atoms with Gasteiger partial charge in [0.1, 0.15) is 0 Å². The monoisotopic (exact) mass is 425 g/mol. The molecule has 1 amide bonds. The summed E-state index contributed by atoms with van der Waals surface area (Å²) in [4.78, 5) is 17.0. The average Bonchev–Trinajstić information content (AvgIpc) is 3.22. The Morgan fingerprint density at radius 1 is 1.07 bits per heavy atom. The SMILES string of the molecule is COc1ccc(-c2csc(NC(=O)CNC(c3ccccc3)C(C)C)n2)cc1OC. The first-order valence-electron chi connectivity index (χ1n) is 9.78. The summed E-state index contributed by atoms with van der Waals surface area (Å²) in [5, 5.41) is 8.71. The smallest absolute Gasteiger partial charge is 0.240 e. The Labute approximate surface area is 181 Å². The van der Waals surface area contributed by atoms with Gasteiger partial charge in [0.15, 0.2) is 16.6 Å². The van der Waals surface area contributed by atoms with Gasteiger partial charge in [0.25, 0.3) is 0 Å². The molecule has 0 aliphatic carbocycles. The quantitative estimate of drug-likeness (QED) is 0.517. The van der Waals surface area contributed by atoms with E-state index in [1.807, 2.05) is 41.8 Å². The van der Waals surface area contributed by atoms with Crippen molar-refractivity contribution in [2.24, 2.45) is 5.92 Å². The first kappa shape index (κ1) is 21.8. The Morgan fingerprint density at radius 3 is 2.47 bits per heavy atom. The van der Waals surface area contributed by atoms with Crippen LogP contribution in [-0.2, 0) is 4.79 Å².